The lowest BCUT2D eigenvalue weighted by atomic mass is 9.98. The molecule has 35 heavy (non-hydrogen) atoms. The molecule has 0 bridgehead atoms. The summed E-state index contributed by atoms with van der Waals surface area (Å²) in [6.07, 6.45) is -0.488. The highest BCUT2D eigenvalue weighted by Gasteiger charge is 2.28. The summed E-state index contributed by atoms with van der Waals surface area (Å²) in [5, 5.41) is 14.6. The van der Waals surface area contributed by atoms with Gasteiger partial charge in [0.15, 0.2) is 0 Å². The number of alkyl carbamates (subject to hydrolysis) is 1. The van der Waals surface area contributed by atoms with E-state index in [1.807, 2.05) is 24.3 Å². The number of carbonyl (C=O) groups excluding carboxylic acids is 2. The molecule has 4 rings (SSSR count). The Bertz CT molecular complexity index is 1210. The number of fused-ring (bicyclic) bond motifs is 3. The molecule has 0 unspecified atom stereocenters. The third kappa shape index (κ3) is 5.84. The van der Waals surface area contributed by atoms with Crippen LogP contribution in [-0.2, 0) is 9.53 Å². The lowest BCUT2D eigenvalue weighted by Crippen LogP contribution is -2.28. The number of ether oxygens (including phenoxy) is 1. The van der Waals surface area contributed by atoms with Crippen molar-refractivity contribution in [1.82, 2.24) is 5.32 Å². The second kappa shape index (κ2) is 11.1. The Labute approximate surface area is 207 Å². The fourth-order valence-corrected chi connectivity index (χ4v) is 4.76. The van der Waals surface area contributed by atoms with Crippen molar-refractivity contribution in [3.05, 3.63) is 89.0 Å². The van der Waals surface area contributed by atoms with Crippen molar-refractivity contribution in [2.24, 2.45) is 0 Å². The molecule has 0 fully saturated rings. The van der Waals surface area contributed by atoms with E-state index in [-0.39, 0.29) is 29.7 Å². The standard InChI is InChI=1S/C27H26N2O5S/c1-17-10-11-18(26(31)32)14-24(17)29-25(30)16-35-13-12-28-27(33)34-15-23-21-8-4-2-6-19(21)20-7-3-5-9-22(20)23/h2-11,14,23H,12-13,15-16H2,1H3,(H,28,33)(H,29,30)(H,31,32). The minimum Gasteiger partial charge on any atom is -0.478 e. The average Bonchev–Trinajstić information content (AvgIpc) is 3.17. The first kappa shape index (κ1) is 24.3. The minimum absolute atomic E-state index is 0.00862. The van der Waals surface area contributed by atoms with Gasteiger partial charge >= 0.3 is 12.1 Å². The number of hydrogen-bond acceptors (Lipinski definition) is 5. The van der Waals surface area contributed by atoms with Gasteiger partial charge < -0.3 is 20.5 Å². The second-order valence-corrected chi connectivity index (χ2v) is 9.29. The number of aromatic carboxylic acids is 1. The van der Waals surface area contributed by atoms with Crippen LogP contribution in [0.3, 0.4) is 0 Å². The molecule has 180 valence electrons. The first-order valence-corrected chi connectivity index (χ1v) is 12.4. The molecule has 8 heteroatoms. The van der Waals surface area contributed by atoms with Gasteiger partial charge in [0, 0.05) is 23.9 Å². The third-order valence-corrected chi connectivity index (χ3v) is 6.81. The van der Waals surface area contributed by atoms with Crippen LogP contribution >= 0.6 is 11.8 Å². The first-order valence-electron chi connectivity index (χ1n) is 11.2. The predicted molar refractivity (Wildman–Crippen MR) is 137 cm³/mol. The molecule has 2 amide bonds. The monoisotopic (exact) mass is 490 g/mol. The van der Waals surface area contributed by atoms with Crippen molar-refractivity contribution < 1.29 is 24.2 Å². The van der Waals surface area contributed by atoms with Gasteiger partial charge in [-0.05, 0) is 46.9 Å². The van der Waals surface area contributed by atoms with E-state index >= 15 is 0 Å². The van der Waals surface area contributed by atoms with Crippen molar-refractivity contribution in [3.63, 3.8) is 0 Å². The molecule has 3 N–H and O–H groups in total. The van der Waals surface area contributed by atoms with E-state index in [2.05, 4.69) is 34.9 Å². The largest absolute Gasteiger partial charge is 0.478 e. The molecular weight excluding hydrogens is 464 g/mol. The van der Waals surface area contributed by atoms with Crippen LogP contribution in [0.4, 0.5) is 10.5 Å². The summed E-state index contributed by atoms with van der Waals surface area (Å²) >= 11 is 1.37. The Morgan fingerprint density at radius 1 is 0.971 bits per heavy atom. The quantitative estimate of drug-likeness (QED) is 0.369. The smallest absolute Gasteiger partial charge is 0.407 e. The Balaban J connectivity index is 1.18. The molecule has 0 aliphatic heterocycles. The number of carboxylic acid groups (broad SMARTS) is 1. The van der Waals surface area contributed by atoms with Crippen LogP contribution in [0, 0.1) is 6.92 Å². The van der Waals surface area contributed by atoms with E-state index in [0.29, 0.717) is 18.0 Å². The number of rotatable bonds is 9. The molecule has 0 heterocycles. The van der Waals surface area contributed by atoms with E-state index < -0.39 is 12.1 Å². The Hall–Kier alpha value is -3.78. The van der Waals surface area contributed by atoms with Crippen molar-refractivity contribution >= 4 is 35.4 Å². The Morgan fingerprint density at radius 3 is 2.29 bits per heavy atom. The van der Waals surface area contributed by atoms with Gasteiger partial charge in [0.1, 0.15) is 6.61 Å². The molecule has 3 aromatic rings. The number of carboxylic acids is 1. The van der Waals surface area contributed by atoms with Gasteiger partial charge in [0.05, 0.1) is 11.3 Å². The van der Waals surface area contributed by atoms with Gasteiger partial charge in [-0.2, -0.15) is 11.8 Å². The number of anilines is 1. The molecule has 0 saturated carbocycles. The van der Waals surface area contributed by atoms with Gasteiger partial charge in [0.2, 0.25) is 5.91 Å². The van der Waals surface area contributed by atoms with Crippen molar-refractivity contribution in [2.75, 3.05) is 30.0 Å². The van der Waals surface area contributed by atoms with E-state index in [4.69, 9.17) is 9.84 Å². The Morgan fingerprint density at radius 2 is 1.63 bits per heavy atom. The van der Waals surface area contributed by atoms with E-state index in [1.165, 1.54) is 35.0 Å². The maximum absolute atomic E-state index is 12.2. The molecule has 0 radical (unpaired) electrons. The molecule has 7 nitrogen and oxygen atoms in total. The fraction of sp³-hybridized carbons (Fsp3) is 0.222. The third-order valence-electron chi connectivity index (χ3n) is 5.85. The number of hydrogen-bond donors (Lipinski definition) is 3. The normalized spacial score (nSPS) is 11.9. The van der Waals surface area contributed by atoms with Gasteiger partial charge in [0.25, 0.3) is 0 Å². The zero-order valence-electron chi connectivity index (χ0n) is 19.2. The molecule has 3 aromatic carbocycles. The number of nitrogens with one attached hydrogen (secondary N) is 2. The number of benzene rings is 3. The molecule has 1 aliphatic carbocycles. The summed E-state index contributed by atoms with van der Waals surface area (Å²) in [6.45, 7) is 2.42. The highest BCUT2D eigenvalue weighted by atomic mass is 32.2. The van der Waals surface area contributed by atoms with Crippen LogP contribution in [0.25, 0.3) is 11.1 Å². The summed E-state index contributed by atoms with van der Waals surface area (Å²) in [5.74, 6) is -0.556. The van der Waals surface area contributed by atoms with Gasteiger partial charge in [-0.3, -0.25) is 4.79 Å². The lowest BCUT2D eigenvalue weighted by Gasteiger charge is -2.14. The van der Waals surface area contributed by atoms with Crippen LogP contribution in [-0.4, -0.2) is 47.7 Å². The molecule has 0 aromatic heterocycles. The van der Waals surface area contributed by atoms with Gasteiger partial charge in [-0.1, -0.05) is 54.6 Å². The number of aryl methyl sites for hydroxylation is 1. The molecular formula is C27H26N2O5S. The number of carbonyl (C=O) groups is 3. The molecule has 0 atom stereocenters. The second-order valence-electron chi connectivity index (χ2n) is 8.19. The lowest BCUT2D eigenvalue weighted by molar-refractivity contribution is -0.113. The van der Waals surface area contributed by atoms with Gasteiger partial charge in [-0.15, -0.1) is 0 Å². The number of amides is 2. The van der Waals surface area contributed by atoms with E-state index in [1.54, 1.807) is 13.0 Å². The molecule has 1 aliphatic rings. The summed E-state index contributed by atoms with van der Waals surface area (Å²) in [7, 11) is 0. The zero-order chi connectivity index (χ0) is 24.8. The van der Waals surface area contributed by atoms with Crippen LogP contribution in [0.1, 0.15) is 33.0 Å². The fourth-order valence-electron chi connectivity index (χ4n) is 4.12. The van der Waals surface area contributed by atoms with Crippen molar-refractivity contribution in [1.29, 1.82) is 0 Å². The van der Waals surface area contributed by atoms with Crippen LogP contribution < -0.4 is 10.6 Å². The number of thioether (sulfide) groups is 1. The van der Waals surface area contributed by atoms with Crippen molar-refractivity contribution in [2.45, 2.75) is 12.8 Å². The topological polar surface area (TPSA) is 105 Å². The minimum atomic E-state index is -1.05. The summed E-state index contributed by atoms with van der Waals surface area (Å²) in [5.41, 5.74) is 6.05. The maximum Gasteiger partial charge on any atom is 0.407 e. The molecule has 0 saturated heterocycles. The zero-order valence-corrected chi connectivity index (χ0v) is 20.1. The Kier molecular flexibility index (Phi) is 7.72. The van der Waals surface area contributed by atoms with Crippen LogP contribution in [0.5, 0.6) is 0 Å². The highest BCUT2D eigenvalue weighted by molar-refractivity contribution is 7.99. The van der Waals surface area contributed by atoms with Crippen LogP contribution in [0.2, 0.25) is 0 Å². The summed E-state index contributed by atoms with van der Waals surface area (Å²) in [4.78, 5) is 35.5. The summed E-state index contributed by atoms with van der Waals surface area (Å²) < 4.78 is 5.50. The van der Waals surface area contributed by atoms with Crippen LogP contribution in [0.15, 0.2) is 66.7 Å². The van der Waals surface area contributed by atoms with Crippen molar-refractivity contribution in [3.8, 4) is 11.1 Å². The van der Waals surface area contributed by atoms with E-state index in [0.717, 1.165) is 16.7 Å². The highest BCUT2D eigenvalue weighted by Crippen LogP contribution is 2.44. The SMILES string of the molecule is Cc1ccc(C(=O)O)cc1NC(=O)CSCCNC(=O)OCC1c2ccccc2-c2ccccc21. The maximum atomic E-state index is 12.2. The predicted octanol–water partition coefficient (Wildman–Crippen LogP) is 4.90. The van der Waals surface area contributed by atoms with E-state index in [9.17, 15) is 14.4 Å². The summed E-state index contributed by atoms with van der Waals surface area (Å²) in [6, 6.07) is 20.9. The van der Waals surface area contributed by atoms with Gasteiger partial charge in [-0.25, -0.2) is 9.59 Å². The first-order chi connectivity index (χ1) is 16.9. The molecule has 0 spiro atoms. The average molecular weight is 491 g/mol.